The molecule has 0 unspecified atom stereocenters. The lowest BCUT2D eigenvalue weighted by Crippen LogP contribution is -2.13. The maximum atomic E-state index is 12.8. The number of Topliss-reactive ketones (excluding diaryl/α,β-unsaturated/α-hetero) is 1. The van der Waals surface area contributed by atoms with E-state index in [1.165, 1.54) is 5.56 Å². The van der Waals surface area contributed by atoms with Crippen LogP contribution in [0.5, 0.6) is 5.75 Å². The molecule has 3 aromatic rings. The molecule has 114 valence electrons. The van der Waals surface area contributed by atoms with Crippen molar-refractivity contribution in [2.45, 2.75) is 19.8 Å². The first-order valence-corrected chi connectivity index (χ1v) is 7.78. The molecule has 2 aromatic carbocycles. The predicted molar refractivity (Wildman–Crippen MR) is 91.8 cm³/mol. The number of aromatic amines is 1. The number of carbonyl (C=O) groups is 1. The smallest absolute Gasteiger partial charge is 0.205 e. The van der Waals surface area contributed by atoms with Gasteiger partial charge in [-0.05, 0) is 49.6 Å². The number of para-hydroxylation sites is 1. The predicted octanol–water partition coefficient (Wildman–Crippen LogP) is 4.39. The number of hydrogen-bond donors (Lipinski definition) is 2. The van der Waals surface area contributed by atoms with Gasteiger partial charge in [0.1, 0.15) is 5.75 Å². The fourth-order valence-corrected chi connectivity index (χ4v) is 3.28. The molecule has 0 atom stereocenters. The van der Waals surface area contributed by atoms with Crippen LogP contribution in [0.25, 0.3) is 17.0 Å². The third-order valence-electron chi connectivity index (χ3n) is 4.49. The van der Waals surface area contributed by atoms with Crippen LogP contribution in [0.1, 0.15) is 33.6 Å². The Labute approximate surface area is 134 Å². The third-order valence-corrected chi connectivity index (χ3v) is 4.49. The Morgan fingerprint density at radius 1 is 1.13 bits per heavy atom. The van der Waals surface area contributed by atoms with Crippen LogP contribution in [0, 0.1) is 6.92 Å². The second-order valence-corrected chi connectivity index (χ2v) is 6.09. The molecule has 1 heterocycles. The zero-order valence-corrected chi connectivity index (χ0v) is 12.9. The highest BCUT2D eigenvalue weighted by Crippen LogP contribution is 2.33. The van der Waals surface area contributed by atoms with Crippen molar-refractivity contribution in [2.24, 2.45) is 0 Å². The lowest BCUT2D eigenvalue weighted by Gasteiger charge is -2.14. The standard InChI is InChI=1S/C20H17NO2/c1-12-6-9-17-16(10-12)15-8-7-14(20(23)19(15)21-17)11-13-4-2-3-5-18(13)22/h2-6,9-11,21-22H,7-8H2,1H3/b14-11-. The molecule has 4 rings (SSSR count). The Kier molecular flexibility index (Phi) is 3.08. The summed E-state index contributed by atoms with van der Waals surface area (Å²) in [5.74, 6) is 0.231. The largest absolute Gasteiger partial charge is 0.507 e. The number of benzene rings is 2. The van der Waals surface area contributed by atoms with Gasteiger partial charge >= 0.3 is 0 Å². The summed E-state index contributed by atoms with van der Waals surface area (Å²) in [6.45, 7) is 2.06. The number of fused-ring (bicyclic) bond motifs is 3. The summed E-state index contributed by atoms with van der Waals surface area (Å²) >= 11 is 0. The van der Waals surface area contributed by atoms with Crippen LogP contribution in [-0.4, -0.2) is 15.9 Å². The summed E-state index contributed by atoms with van der Waals surface area (Å²) in [4.78, 5) is 16.1. The highest BCUT2D eigenvalue weighted by Gasteiger charge is 2.26. The van der Waals surface area contributed by atoms with Gasteiger partial charge in [-0.1, -0.05) is 29.8 Å². The molecule has 0 radical (unpaired) electrons. The quantitative estimate of drug-likeness (QED) is 0.655. The van der Waals surface area contributed by atoms with Gasteiger partial charge in [-0.25, -0.2) is 0 Å². The van der Waals surface area contributed by atoms with Crippen molar-refractivity contribution in [1.29, 1.82) is 0 Å². The van der Waals surface area contributed by atoms with Gasteiger partial charge in [-0.15, -0.1) is 0 Å². The maximum absolute atomic E-state index is 12.8. The molecule has 1 aromatic heterocycles. The number of nitrogens with one attached hydrogen (secondary N) is 1. The number of phenolic OH excluding ortho intramolecular Hbond substituents is 1. The van der Waals surface area contributed by atoms with Gasteiger partial charge in [0.15, 0.2) is 0 Å². The van der Waals surface area contributed by atoms with E-state index in [0.717, 1.165) is 28.5 Å². The second-order valence-electron chi connectivity index (χ2n) is 6.09. The molecular weight excluding hydrogens is 286 g/mol. The molecule has 3 nitrogen and oxygen atoms in total. The van der Waals surface area contributed by atoms with Crippen LogP contribution in [0.15, 0.2) is 48.0 Å². The summed E-state index contributed by atoms with van der Waals surface area (Å²) in [7, 11) is 0. The average Bonchev–Trinajstić information content (AvgIpc) is 2.91. The molecule has 3 heteroatoms. The number of rotatable bonds is 1. The first-order valence-electron chi connectivity index (χ1n) is 7.78. The molecule has 0 bridgehead atoms. The Balaban J connectivity index is 1.81. The van der Waals surface area contributed by atoms with E-state index < -0.39 is 0 Å². The summed E-state index contributed by atoms with van der Waals surface area (Å²) in [5.41, 5.74) is 5.44. The molecule has 0 saturated heterocycles. The number of phenols is 1. The van der Waals surface area contributed by atoms with Crippen molar-refractivity contribution in [1.82, 2.24) is 4.98 Å². The zero-order chi connectivity index (χ0) is 16.0. The molecule has 0 amide bonds. The van der Waals surface area contributed by atoms with Gasteiger partial charge in [0.25, 0.3) is 0 Å². The van der Waals surface area contributed by atoms with E-state index >= 15 is 0 Å². The van der Waals surface area contributed by atoms with E-state index in [9.17, 15) is 9.90 Å². The normalized spacial score (nSPS) is 16.0. The van der Waals surface area contributed by atoms with Gasteiger partial charge < -0.3 is 10.1 Å². The summed E-state index contributed by atoms with van der Waals surface area (Å²) in [6.07, 6.45) is 3.34. The third kappa shape index (κ3) is 2.25. The van der Waals surface area contributed by atoms with Gasteiger partial charge in [-0.2, -0.15) is 0 Å². The minimum atomic E-state index is 0.0309. The van der Waals surface area contributed by atoms with Gasteiger partial charge in [-0.3, -0.25) is 4.79 Å². The van der Waals surface area contributed by atoms with Crippen molar-refractivity contribution < 1.29 is 9.90 Å². The number of aryl methyl sites for hydroxylation is 2. The van der Waals surface area contributed by atoms with E-state index in [4.69, 9.17) is 0 Å². The summed E-state index contributed by atoms with van der Waals surface area (Å²) < 4.78 is 0. The number of allylic oxidation sites excluding steroid dienone is 1. The lowest BCUT2D eigenvalue weighted by atomic mass is 9.89. The Morgan fingerprint density at radius 2 is 1.96 bits per heavy atom. The topological polar surface area (TPSA) is 53.1 Å². The number of ketones is 1. The van der Waals surface area contributed by atoms with Crippen molar-refractivity contribution >= 4 is 22.8 Å². The molecule has 0 saturated carbocycles. The maximum Gasteiger partial charge on any atom is 0.205 e. The zero-order valence-electron chi connectivity index (χ0n) is 12.9. The average molecular weight is 303 g/mol. The van der Waals surface area contributed by atoms with Gasteiger partial charge in [0.2, 0.25) is 5.78 Å². The number of aromatic nitrogens is 1. The van der Waals surface area contributed by atoms with Crippen LogP contribution >= 0.6 is 0 Å². The fourth-order valence-electron chi connectivity index (χ4n) is 3.28. The van der Waals surface area contributed by atoms with Crippen molar-refractivity contribution in [3.05, 3.63) is 70.4 Å². The molecule has 23 heavy (non-hydrogen) atoms. The van der Waals surface area contributed by atoms with Crippen LogP contribution < -0.4 is 0 Å². The van der Waals surface area contributed by atoms with E-state index in [1.54, 1.807) is 18.2 Å². The van der Waals surface area contributed by atoms with E-state index in [0.29, 0.717) is 17.7 Å². The summed E-state index contributed by atoms with van der Waals surface area (Å²) in [6, 6.07) is 13.3. The highest BCUT2D eigenvalue weighted by atomic mass is 16.3. The van der Waals surface area contributed by atoms with E-state index in [1.807, 2.05) is 24.3 Å². The lowest BCUT2D eigenvalue weighted by molar-refractivity contribution is 0.102. The van der Waals surface area contributed by atoms with Gasteiger partial charge in [0.05, 0.1) is 5.69 Å². The Morgan fingerprint density at radius 3 is 2.78 bits per heavy atom. The minimum Gasteiger partial charge on any atom is -0.507 e. The molecule has 0 fully saturated rings. The molecule has 2 N–H and O–H groups in total. The molecule has 0 aliphatic heterocycles. The first-order chi connectivity index (χ1) is 11.1. The SMILES string of the molecule is Cc1ccc2[nH]c3c(c2c1)CC/C(=C/c1ccccc1O)C3=O. The number of carbonyl (C=O) groups excluding carboxylic acids is 1. The fraction of sp³-hybridized carbons (Fsp3) is 0.150. The Bertz CT molecular complexity index is 963. The minimum absolute atomic E-state index is 0.0309. The van der Waals surface area contributed by atoms with Crippen molar-refractivity contribution in [2.75, 3.05) is 0 Å². The van der Waals surface area contributed by atoms with Crippen molar-refractivity contribution in [3.63, 3.8) is 0 Å². The van der Waals surface area contributed by atoms with Crippen LogP contribution in [0.4, 0.5) is 0 Å². The van der Waals surface area contributed by atoms with E-state index in [2.05, 4.69) is 18.0 Å². The van der Waals surface area contributed by atoms with Crippen LogP contribution in [0.3, 0.4) is 0 Å². The summed E-state index contributed by atoms with van der Waals surface area (Å²) in [5, 5.41) is 11.1. The van der Waals surface area contributed by atoms with Crippen molar-refractivity contribution in [3.8, 4) is 5.75 Å². The monoisotopic (exact) mass is 303 g/mol. The molecule has 0 spiro atoms. The van der Waals surface area contributed by atoms with Gasteiger partial charge in [0, 0.05) is 22.0 Å². The molecule has 1 aliphatic rings. The van der Waals surface area contributed by atoms with E-state index in [-0.39, 0.29) is 11.5 Å². The number of hydrogen-bond acceptors (Lipinski definition) is 2. The highest BCUT2D eigenvalue weighted by molar-refractivity contribution is 6.15. The number of H-pyrrole nitrogens is 1. The molecular formula is C20H17NO2. The number of aromatic hydroxyl groups is 1. The first kappa shape index (κ1) is 13.8. The molecule has 1 aliphatic carbocycles. The second kappa shape index (κ2) is 5.13. The Hall–Kier alpha value is -2.81. The van der Waals surface area contributed by atoms with Crippen LogP contribution in [-0.2, 0) is 6.42 Å². The van der Waals surface area contributed by atoms with Crippen LogP contribution in [0.2, 0.25) is 0 Å².